The Balaban J connectivity index is 1.94. The minimum Gasteiger partial charge on any atom is -0.468 e. The molecule has 0 aliphatic carbocycles. The van der Waals surface area contributed by atoms with Crippen LogP contribution in [0.25, 0.3) is 10.8 Å². The van der Waals surface area contributed by atoms with E-state index in [0.29, 0.717) is 0 Å². The maximum absolute atomic E-state index is 6.28. The van der Waals surface area contributed by atoms with Crippen LogP contribution < -0.4 is 25.5 Å². The Morgan fingerprint density at radius 2 is 0.970 bits per heavy atom. The maximum atomic E-state index is 6.28. The highest BCUT2D eigenvalue weighted by molar-refractivity contribution is 7.20. The average Bonchev–Trinajstić information content (AvgIpc) is 2.90. The molecule has 0 aliphatic rings. The van der Waals surface area contributed by atoms with Crippen LogP contribution in [0.4, 0.5) is 0 Å². The standard InChI is InChI=1S/C30H26O2Si/c1-31-23-32-29-21-24-13-11-12-14-25(24)22-30(29)33(26-15-5-2-6-16-26,27-17-7-3-8-18-27)28-19-9-4-10-20-28/h2-22H,23H2,1H3. The molecule has 0 bridgehead atoms. The molecule has 5 rings (SSSR count). The van der Waals surface area contributed by atoms with Crippen LogP contribution in [0.5, 0.6) is 5.75 Å². The summed E-state index contributed by atoms with van der Waals surface area (Å²) in [5, 5.41) is 7.54. The molecular weight excluding hydrogens is 420 g/mol. The average molecular weight is 447 g/mol. The largest absolute Gasteiger partial charge is 0.468 e. The Morgan fingerprint density at radius 1 is 0.545 bits per heavy atom. The fourth-order valence-corrected chi connectivity index (χ4v) is 9.68. The van der Waals surface area contributed by atoms with E-state index in [-0.39, 0.29) is 6.79 Å². The molecule has 162 valence electrons. The van der Waals surface area contributed by atoms with Crippen molar-refractivity contribution in [2.45, 2.75) is 0 Å². The quantitative estimate of drug-likeness (QED) is 0.212. The molecular formula is C30H26O2Si. The third-order valence-corrected chi connectivity index (χ3v) is 11.0. The van der Waals surface area contributed by atoms with Crippen LogP contribution in [-0.4, -0.2) is 22.0 Å². The van der Waals surface area contributed by atoms with Gasteiger partial charge in [-0.05, 0) is 37.6 Å². The van der Waals surface area contributed by atoms with Crippen molar-refractivity contribution in [2.24, 2.45) is 0 Å². The summed E-state index contributed by atoms with van der Waals surface area (Å²) in [5.74, 6) is 0.874. The van der Waals surface area contributed by atoms with Crippen molar-refractivity contribution in [3.8, 4) is 5.75 Å². The highest BCUT2D eigenvalue weighted by atomic mass is 28.3. The Morgan fingerprint density at radius 3 is 1.42 bits per heavy atom. The van der Waals surface area contributed by atoms with Gasteiger partial charge in [-0.25, -0.2) is 0 Å². The summed E-state index contributed by atoms with van der Waals surface area (Å²) < 4.78 is 11.6. The molecule has 0 unspecified atom stereocenters. The van der Waals surface area contributed by atoms with Crippen LogP contribution in [-0.2, 0) is 4.74 Å². The van der Waals surface area contributed by atoms with E-state index < -0.39 is 8.07 Å². The molecule has 0 radical (unpaired) electrons. The lowest BCUT2D eigenvalue weighted by Crippen LogP contribution is -2.74. The number of hydrogen-bond donors (Lipinski definition) is 0. The molecule has 3 heteroatoms. The summed E-state index contributed by atoms with van der Waals surface area (Å²) in [7, 11) is -1.03. The highest BCUT2D eigenvalue weighted by Gasteiger charge is 2.43. The van der Waals surface area contributed by atoms with E-state index in [1.165, 1.54) is 26.1 Å². The Hall–Kier alpha value is -3.66. The van der Waals surface area contributed by atoms with E-state index in [4.69, 9.17) is 9.47 Å². The van der Waals surface area contributed by atoms with Crippen molar-refractivity contribution < 1.29 is 9.47 Å². The first kappa shape index (κ1) is 21.2. The Labute approximate surface area is 196 Å². The predicted molar refractivity (Wildman–Crippen MR) is 140 cm³/mol. The zero-order chi connectivity index (χ0) is 22.5. The molecule has 0 spiro atoms. The van der Waals surface area contributed by atoms with Crippen LogP contribution in [0, 0.1) is 0 Å². The van der Waals surface area contributed by atoms with Crippen LogP contribution in [0.2, 0.25) is 0 Å². The first-order chi connectivity index (χ1) is 16.3. The van der Waals surface area contributed by atoms with Gasteiger partial charge in [0.2, 0.25) is 0 Å². The maximum Gasteiger partial charge on any atom is 0.188 e. The summed E-state index contributed by atoms with van der Waals surface area (Å²) in [6.45, 7) is 0.203. The van der Waals surface area contributed by atoms with Gasteiger partial charge in [-0.15, -0.1) is 0 Å². The van der Waals surface area contributed by atoms with E-state index in [9.17, 15) is 0 Å². The van der Waals surface area contributed by atoms with Crippen LogP contribution in [0.15, 0.2) is 127 Å². The molecule has 5 aromatic carbocycles. The smallest absolute Gasteiger partial charge is 0.188 e. The highest BCUT2D eigenvalue weighted by Crippen LogP contribution is 2.23. The van der Waals surface area contributed by atoms with Gasteiger partial charge < -0.3 is 9.47 Å². The zero-order valence-electron chi connectivity index (χ0n) is 18.6. The van der Waals surface area contributed by atoms with Crippen LogP contribution in [0.1, 0.15) is 0 Å². The molecule has 5 aromatic rings. The molecule has 0 saturated heterocycles. The lowest BCUT2D eigenvalue weighted by atomic mass is 10.1. The predicted octanol–water partition coefficient (Wildman–Crippen LogP) is 4.20. The van der Waals surface area contributed by atoms with Gasteiger partial charge in [-0.2, -0.15) is 0 Å². The fraction of sp³-hybridized carbons (Fsp3) is 0.0667. The molecule has 0 N–H and O–H groups in total. The van der Waals surface area contributed by atoms with Crippen LogP contribution >= 0.6 is 0 Å². The number of ether oxygens (including phenoxy) is 2. The van der Waals surface area contributed by atoms with Crippen molar-refractivity contribution in [1.82, 2.24) is 0 Å². The van der Waals surface area contributed by atoms with Gasteiger partial charge in [0.1, 0.15) is 5.75 Å². The van der Waals surface area contributed by atoms with Crippen molar-refractivity contribution in [3.63, 3.8) is 0 Å². The second kappa shape index (κ2) is 9.45. The fourth-order valence-electron chi connectivity index (χ4n) is 4.79. The molecule has 33 heavy (non-hydrogen) atoms. The summed E-state index contributed by atoms with van der Waals surface area (Å²) in [6.07, 6.45) is 0. The van der Waals surface area contributed by atoms with Crippen molar-refractivity contribution in [2.75, 3.05) is 13.9 Å². The van der Waals surface area contributed by atoms with Gasteiger partial charge in [-0.1, -0.05) is 121 Å². The minimum atomic E-state index is -2.69. The van der Waals surface area contributed by atoms with Gasteiger partial charge in [0.25, 0.3) is 0 Å². The summed E-state index contributed by atoms with van der Waals surface area (Å²) in [4.78, 5) is 0. The van der Waals surface area contributed by atoms with Gasteiger partial charge in [-0.3, -0.25) is 0 Å². The van der Waals surface area contributed by atoms with Crippen LogP contribution in [0.3, 0.4) is 0 Å². The molecule has 0 aliphatic heterocycles. The third kappa shape index (κ3) is 3.86. The molecule has 0 heterocycles. The number of benzene rings is 5. The second-order valence-electron chi connectivity index (χ2n) is 8.09. The monoisotopic (exact) mass is 446 g/mol. The molecule has 0 fully saturated rings. The van der Waals surface area contributed by atoms with Gasteiger partial charge in [0, 0.05) is 7.11 Å². The normalized spacial score (nSPS) is 11.4. The number of methoxy groups -OCH3 is 1. The number of rotatable bonds is 7. The molecule has 0 amide bonds. The third-order valence-electron chi connectivity index (χ3n) is 6.20. The van der Waals surface area contributed by atoms with Crippen molar-refractivity contribution in [3.05, 3.63) is 127 Å². The van der Waals surface area contributed by atoms with E-state index in [2.05, 4.69) is 127 Å². The van der Waals surface area contributed by atoms with E-state index in [1.54, 1.807) is 7.11 Å². The zero-order valence-corrected chi connectivity index (χ0v) is 19.6. The molecule has 0 atom stereocenters. The van der Waals surface area contributed by atoms with Crippen molar-refractivity contribution >= 4 is 39.6 Å². The van der Waals surface area contributed by atoms with Gasteiger partial charge in [0.15, 0.2) is 14.9 Å². The minimum absolute atomic E-state index is 0.203. The number of fused-ring (bicyclic) bond motifs is 1. The summed E-state index contributed by atoms with van der Waals surface area (Å²) in [6, 6.07) is 45.7. The van der Waals surface area contributed by atoms with E-state index in [1.807, 2.05) is 0 Å². The summed E-state index contributed by atoms with van der Waals surface area (Å²) >= 11 is 0. The van der Waals surface area contributed by atoms with Gasteiger partial charge in [0.05, 0.1) is 0 Å². The summed E-state index contributed by atoms with van der Waals surface area (Å²) in [5.41, 5.74) is 0. The topological polar surface area (TPSA) is 18.5 Å². The lowest BCUT2D eigenvalue weighted by molar-refractivity contribution is 0.0519. The first-order valence-electron chi connectivity index (χ1n) is 11.2. The SMILES string of the molecule is COCOc1cc2ccccc2cc1[Si](c1ccccc1)(c1ccccc1)c1ccccc1. The van der Waals surface area contributed by atoms with E-state index in [0.717, 1.165) is 11.1 Å². The molecule has 2 nitrogen and oxygen atoms in total. The van der Waals surface area contributed by atoms with Crippen molar-refractivity contribution in [1.29, 1.82) is 0 Å². The van der Waals surface area contributed by atoms with Gasteiger partial charge >= 0.3 is 0 Å². The Bertz CT molecular complexity index is 1240. The second-order valence-corrected chi connectivity index (χ2v) is 11.9. The number of hydrogen-bond acceptors (Lipinski definition) is 2. The van der Waals surface area contributed by atoms with E-state index >= 15 is 0 Å². The first-order valence-corrected chi connectivity index (χ1v) is 13.2. The molecule has 0 saturated carbocycles. The molecule has 0 aromatic heterocycles. The Kier molecular flexibility index (Phi) is 6.07. The lowest BCUT2D eigenvalue weighted by Gasteiger charge is -2.35.